The largest absolute Gasteiger partial charge is 0.497 e. The first-order valence-corrected chi connectivity index (χ1v) is 7.16. The highest BCUT2D eigenvalue weighted by Crippen LogP contribution is 2.21. The maximum Gasteiger partial charge on any atom is 0.329 e. The van der Waals surface area contributed by atoms with Crippen molar-refractivity contribution in [3.8, 4) is 5.75 Å². The molecule has 5 heteroatoms. The molecule has 0 spiro atoms. The first-order valence-electron chi connectivity index (χ1n) is 7.16. The van der Waals surface area contributed by atoms with Gasteiger partial charge in [-0.15, -0.1) is 0 Å². The predicted molar refractivity (Wildman–Crippen MR) is 86.0 cm³/mol. The summed E-state index contributed by atoms with van der Waals surface area (Å²) in [7, 11) is 1.58. The van der Waals surface area contributed by atoms with Crippen LogP contribution in [0.1, 0.15) is 13.8 Å². The number of aldehydes is 1. The highest BCUT2D eigenvalue weighted by atomic mass is 16.5. The van der Waals surface area contributed by atoms with E-state index in [0.717, 1.165) is 6.29 Å². The summed E-state index contributed by atoms with van der Waals surface area (Å²) in [4.78, 5) is 23.6. The number of anilines is 1. The molecule has 22 heavy (non-hydrogen) atoms. The number of hydrogen-bond donors (Lipinski definition) is 1. The molecule has 1 aromatic rings. The van der Waals surface area contributed by atoms with Crippen molar-refractivity contribution in [2.24, 2.45) is 11.8 Å². The van der Waals surface area contributed by atoms with Gasteiger partial charge in [-0.1, -0.05) is 26.5 Å². The van der Waals surface area contributed by atoms with E-state index in [-0.39, 0.29) is 12.5 Å². The van der Waals surface area contributed by atoms with E-state index in [1.807, 2.05) is 13.8 Å². The summed E-state index contributed by atoms with van der Waals surface area (Å²) in [5, 5.41) is 3.08. The molecule has 0 fully saturated rings. The van der Waals surface area contributed by atoms with Gasteiger partial charge in [0.2, 0.25) is 0 Å². The van der Waals surface area contributed by atoms with Crippen LogP contribution in [-0.2, 0) is 14.3 Å². The number of esters is 1. The molecule has 1 aromatic carbocycles. The second kappa shape index (κ2) is 8.87. The maximum atomic E-state index is 12.2. The molecule has 0 aliphatic heterocycles. The minimum Gasteiger partial charge on any atom is -0.497 e. The van der Waals surface area contributed by atoms with E-state index in [4.69, 9.17) is 9.47 Å². The molecule has 0 radical (unpaired) electrons. The Bertz CT molecular complexity index is 496. The van der Waals surface area contributed by atoms with Crippen LogP contribution < -0.4 is 10.1 Å². The minimum atomic E-state index is -0.745. The molecular weight excluding hydrogens is 282 g/mol. The number of rotatable bonds is 9. The number of carbonyl (C=O) groups is 2. The fraction of sp³-hybridized carbons (Fsp3) is 0.412. The van der Waals surface area contributed by atoms with Gasteiger partial charge >= 0.3 is 5.97 Å². The quantitative estimate of drug-likeness (QED) is 0.432. The summed E-state index contributed by atoms with van der Waals surface area (Å²) in [6.45, 7) is 7.41. The zero-order valence-corrected chi connectivity index (χ0v) is 13.2. The fourth-order valence-electron chi connectivity index (χ4n) is 2.03. The van der Waals surface area contributed by atoms with Crippen LogP contribution in [0.4, 0.5) is 5.69 Å². The van der Waals surface area contributed by atoms with Gasteiger partial charge in [-0.25, -0.2) is 4.79 Å². The van der Waals surface area contributed by atoms with Gasteiger partial charge in [-0.05, 0) is 30.2 Å². The first kappa shape index (κ1) is 17.8. The third kappa shape index (κ3) is 4.91. The van der Waals surface area contributed by atoms with E-state index in [1.54, 1.807) is 31.4 Å². The molecule has 0 saturated carbocycles. The van der Waals surface area contributed by atoms with Crippen LogP contribution in [0.15, 0.2) is 36.9 Å². The molecule has 0 saturated heterocycles. The third-order valence-electron chi connectivity index (χ3n) is 3.32. The monoisotopic (exact) mass is 305 g/mol. The van der Waals surface area contributed by atoms with Crippen LogP contribution in [0.5, 0.6) is 5.75 Å². The summed E-state index contributed by atoms with van der Waals surface area (Å²) >= 11 is 0. The summed E-state index contributed by atoms with van der Waals surface area (Å²) in [5.41, 5.74) is 0.717. The minimum absolute atomic E-state index is 0.00419. The summed E-state index contributed by atoms with van der Waals surface area (Å²) < 4.78 is 10.2. The molecule has 5 nitrogen and oxygen atoms in total. The number of methoxy groups -OCH3 is 1. The van der Waals surface area contributed by atoms with E-state index in [2.05, 4.69) is 11.9 Å². The van der Waals surface area contributed by atoms with Crippen molar-refractivity contribution in [3.63, 3.8) is 0 Å². The molecule has 1 N–H and O–H groups in total. The molecule has 0 heterocycles. The second-order valence-electron chi connectivity index (χ2n) is 5.23. The Labute approximate surface area is 131 Å². The normalized spacial score (nSPS) is 13.1. The number of ether oxygens (including phenoxy) is 2. The van der Waals surface area contributed by atoms with E-state index in [1.165, 1.54) is 6.08 Å². The van der Waals surface area contributed by atoms with Crippen LogP contribution in [0.3, 0.4) is 0 Å². The smallest absolute Gasteiger partial charge is 0.329 e. The molecule has 2 atom stereocenters. The Morgan fingerprint density at radius 2 is 1.95 bits per heavy atom. The molecule has 0 aliphatic carbocycles. The Morgan fingerprint density at radius 3 is 2.41 bits per heavy atom. The van der Waals surface area contributed by atoms with E-state index in [0.29, 0.717) is 11.4 Å². The van der Waals surface area contributed by atoms with Gasteiger partial charge in [0.1, 0.15) is 24.7 Å². The van der Waals surface area contributed by atoms with Gasteiger partial charge in [0.25, 0.3) is 0 Å². The Hall–Kier alpha value is -2.30. The van der Waals surface area contributed by atoms with Crippen molar-refractivity contribution in [3.05, 3.63) is 36.9 Å². The van der Waals surface area contributed by atoms with Crippen molar-refractivity contribution in [2.45, 2.75) is 19.9 Å². The van der Waals surface area contributed by atoms with Crippen molar-refractivity contribution in [2.75, 3.05) is 19.0 Å². The lowest BCUT2D eigenvalue weighted by molar-refractivity contribution is -0.146. The molecule has 1 rings (SSSR count). The molecule has 0 aromatic heterocycles. The number of nitrogens with one attached hydrogen (secondary N) is 1. The lowest BCUT2D eigenvalue weighted by Crippen LogP contribution is -2.41. The molecule has 0 aliphatic rings. The van der Waals surface area contributed by atoms with Crippen LogP contribution >= 0.6 is 0 Å². The zero-order chi connectivity index (χ0) is 16.5. The predicted octanol–water partition coefficient (Wildman–Crippen LogP) is 2.68. The number of carbonyl (C=O) groups excluding carboxylic acids is 2. The number of benzene rings is 1. The fourth-order valence-corrected chi connectivity index (χ4v) is 2.03. The topological polar surface area (TPSA) is 64.6 Å². The molecule has 0 unspecified atom stereocenters. The SMILES string of the molecule is C=CCOC(=O)[C@@H](Nc1ccc(OC)cc1)[C@H](C=O)C(C)C. The highest BCUT2D eigenvalue weighted by Gasteiger charge is 2.31. The zero-order valence-electron chi connectivity index (χ0n) is 13.2. The van der Waals surface area contributed by atoms with Gasteiger partial charge in [0.05, 0.1) is 7.11 Å². The Morgan fingerprint density at radius 1 is 1.32 bits per heavy atom. The van der Waals surface area contributed by atoms with Crippen molar-refractivity contribution in [1.29, 1.82) is 0 Å². The van der Waals surface area contributed by atoms with Crippen LogP contribution in [0.2, 0.25) is 0 Å². The Kier molecular flexibility index (Phi) is 7.16. The van der Waals surface area contributed by atoms with Crippen LogP contribution in [0, 0.1) is 11.8 Å². The molecular formula is C17H23NO4. The van der Waals surface area contributed by atoms with Gasteiger partial charge in [0.15, 0.2) is 0 Å². The van der Waals surface area contributed by atoms with Gasteiger partial charge in [-0.2, -0.15) is 0 Å². The molecule has 0 amide bonds. The molecule has 120 valence electrons. The lowest BCUT2D eigenvalue weighted by Gasteiger charge is -2.26. The first-order chi connectivity index (χ1) is 10.5. The average Bonchev–Trinajstić information content (AvgIpc) is 2.52. The van der Waals surface area contributed by atoms with E-state index >= 15 is 0 Å². The lowest BCUT2D eigenvalue weighted by atomic mass is 9.89. The van der Waals surface area contributed by atoms with Crippen LogP contribution in [-0.4, -0.2) is 32.0 Å². The van der Waals surface area contributed by atoms with Gasteiger partial charge < -0.3 is 19.6 Å². The summed E-state index contributed by atoms with van der Waals surface area (Å²) in [6, 6.07) is 6.38. The maximum absolute atomic E-state index is 12.2. The standard InChI is InChI=1S/C17H23NO4/c1-5-10-22-17(20)16(15(11-19)12(2)3)18-13-6-8-14(21-4)9-7-13/h5-9,11-12,15-16,18H,1,10H2,2-4H3/t15-,16+/m1/s1. The van der Waals surface area contributed by atoms with E-state index in [9.17, 15) is 9.59 Å². The number of hydrogen-bond acceptors (Lipinski definition) is 5. The third-order valence-corrected chi connectivity index (χ3v) is 3.32. The average molecular weight is 305 g/mol. The summed E-state index contributed by atoms with van der Waals surface area (Å²) in [6.07, 6.45) is 2.29. The Balaban J connectivity index is 2.94. The van der Waals surface area contributed by atoms with Gasteiger partial charge in [0, 0.05) is 11.6 Å². The van der Waals surface area contributed by atoms with Gasteiger partial charge in [-0.3, -0.25) is 0 Å². The van der Waals surface area contributed by atoms with Crippen molar-refractivity contribution in [1.82, 2.24) is 0 Å². The van der Waals surface area contributed by atoms with Crippen molar-refractivity contribution < 1.29 is 19.1 Å². The van der Waals surface area contributed by atoms with E-state index < -0.39 is 17.9 Å². The second-order valence-corrected chi connectivity index (χ2v) is 5.23. The molecule has 0 bridgehead atoms. The van der Waals surface area contributed by atoms with Crippen molar-refractivity contribution >= 4 is 17.9 Å². The summed E-state index contributed by atoms with van der Waals surface area (Å²) in [5.74, 6) is -0.238. The highest BCUT2D eigenvalue weighted by molar-refractivity contribution is 5.83. The van der Waals surface area contributed by atoms with Crippen LogP contribution in [0.25, 0.3) is 0 Å².